The molecule has 60 heavy (non-hydrogen) atoms. The summed E-state index contributed by atoms with van der Waals surface area (Å²) in [6.45, 7) is 1.15. The van der Waals surface area contributed by atoms with E-state index in [0.29, 0.717) is 89.2 Å². The van der Waals surface area contributed by atoms with Gasteiger partial charge in [0.05, 0.1) is 17.1 Å². The summed E-state index contributed by atoms with van der Waals surface area (Å²) in [4.78, 5) is 8.95. The number of fused-ring (bicyclic) bond motifs is 3. The first-order valence-corrected chi connectivity index (χ1v) is 20.9. The largest absolute Gasteiger partial charge is 0.337 e. The minimum absolute atomic E-state index is 0.0981. The summed E-state index contributed by atoms with van der Waals surface area (Å²) < 4.78 is 89.0. The first-order valence-electron chi connectivity index (χ1n) is 19.7. The molecule has 0 unspecified atom stereocenters. The molecule has 0 radical (unpaired) electrons. The van der Waals surface area contributed by atoms with Crippen molar-refractivity contribution in [1.82, 2.24) is 28.7 Å². The van der Waals surface area contributed by atoms with Gasteiger partial charge in [0.25, 0.3) is 0 Å². The van der Waals surface area contributed by atoms with Crippen LogP contribution in [0.5, 0.6) is 0 Å². The smallest absolute Gasteiger partial charge is 0.177 e. The third kappa shape index (κ3) is 9.04. The molecule has 18 heteroatoms. The molecule has 3 aromatic heterocycles. The van der Waals surface area contributed by atoms with Crippen molar-refractivity contribution in [2.24, 2.45) is 17.2 Å². The molecule has 0 fully saturated rings. The molecule has 3 atom stereocenters. The van der Waals surface area contributed by atoms with Gasteiger partial charge in [-0.1, -0.05) is 0 Å². The van der Waals surface area contributed by atoms with E-state index in [1.807, 2.05) is 13.7 Å². The Morgan fingerprint density at radius 2 is 0.733 bits per heavy atom. The summed E-state index contributed by atoms with van der Waals surface area (Å²) in [6.07, 6.45) is 11.2. The third-order valence-electron chi connectivity index (χ3n) is 11.7. The highest BCUT2D eigenvalue weighted by atomic mass is 32.1. The van der Waals surface area contributed by atoms with Crippen LogP contribution in [-0.4, -0.2) is 28.7 Å². The molecule has 9 N–H and O–H groups in total. The Kier molecular flexibility index (Phi) is 13.5. The summed E-state index contributed by atoms with van der Waals surface area (Å²) >= 11 is 15.8. The van der Waals surface area contributed by atoms with E-state index in [-0.39, 0.29) is 18.1 Å². The minimum atomic E-state index is -0.529. The number of aromatic nitrogens is 6. The Morgan fingerprint density at radius 3 is 0.983 bits per heavy atom. The lowest BCUT2D eigenvalue weighted by molar-refractivity contribution is 0.416. The fourth-order valence-electron chi connectivity index (χ4n) is 8.93. The fraction of sp³-hybridized carbons (Fsp3) is 0.357. The highest BCUT2D eigenvalue weighted by Crippen LogP contribution is 2.35. The van der Waals surface area contributed by atoms with E-state index >= 15 is 0 Å². The van der Waals surface area contributed by atoms with Crippen LogP contribution in [0.4, 0.5) is 26.3 Å². The predicted molar refractivity (Wildman–Crippen MR) is 225 cm³/mol. The molecule has 6 aromatic rings. The molecule has 0 saturated carbocycles. The van der Waals surface area contributed by atoms with Crippen molar-refractivity contribution in [2.45, 2.75) is 95.5 Å². The zero-order valence-corrected chi connectivity index (χ0v) is 34.9. The highest BCUT2D eigenvalue weighted by Gasteiger charge is 2.27. The lowest BCUT2D eigenvalue weighted by Crippen LogP contribution is -2.22. The molecule has 3 aliphatic carbocycles. The van der Waals surface area contributed by atoms with Crippen molar-refractivity contribution < 1.29 is 26.3 Å². The minimum Gasteiger partial charge on any atom is -0.337 e. The van der Waals surface area contributed by atoms with Crippen molar-refractivity contribution in [2.75, 3.05) is 0 Å². The zero-order chi connectivity index (χ0) is 42.8. The number of rotatable bonds is 6. The summed E-state index contributed by atoms with van der Waals surface area (Å²) in [5, 5.41) is 0. The van der Waals surface area contributed by atoms with Crippen LogP contribution in [0.1, 0.15) is 87.9 Å². The molecule has 0 bridgehead atoms. The maximum absolute atomic E-state index is 13.7. The number of H-pyrrole nitrogens is 3. The maximum atomic E-state index is 13.7. The number of hydrogen-bond acceptors (Lipinski definition) is 6. The van der Waals surface area contributed by atoms with Crippen LogP contribution in [-0.2, 0) is 58.2 Å². The Bertz CT molecular complexity index is 2400. The molecular weight excluding hydrogens is 841 g/mol. The van der Waals surface area contributed by atoms with Gasteiger partial charge in [-0.2, -0.15) is 0 Å². The van der Waals surface area contributed by atoms with E-state index in [9.17, 15) is 26.3 Å². The van der Waals surface area contributed by atoms with E-state index < -0.39 is 34.9 Å². The van der Waals surface area contributed by atoms with E-state index in [0.717, 1.165) is 71.2 Å². The van der Waals surface area contributed by atoms with Crippen LogP contribution in [0.25, 0.3) is 0 Å². The Morgan fingerprint density at radius 1 is 0.467 bits per heavy atom. The van der Waals surface area contributed by atoms with Gasteiger partial charge >= 0.3 is 0 Å². The lowest BCUT2D eigenvalue weighted by Gasteiger charge is -2.27. The molecular formula is C42H45F6N9S3. The van der Waals surface area contributed by atoms with Crippen LogP contribution in [0.2, 0.25) is 0 Å². The normalized spacial score (nSPS) is 18.1. The third-order valence-corrected chi connectivity index (χ3v) is 12.6. The highest BCUT2D eigenvalue weighted by molar-refractivity contribution is 7.71. The van der Waals surface area contributed by atoms with Crippen molar-refractivity contribution in [3.63, 3.8) is 0 Å². The molecule has 0 spiro atoms. The molecule has 3 aliphatic rings. The molecule has 9 rings (SSSR count). The average Bonchev–Trinajstić information content (AvgIpc) is 3.92. The SMILES string of the molecule is NCc1c[nH]c(=S)n1[C@H]1CCc2c(F)cc(F)cc2C1.NCc1c[nH]c(=S)n1[C@H]1CCc2c(F)cc(F)cc2C1.NCc1c[nH]c(=S)n1[C@H]1CCc2c(F)cc(F)cc2C1. The number of hydrogen-bond donors (Lipinski definition) is 6. The first-order chi connectivity index (χ1) is 28.8. The molecule has 3 heterocycles. The van der Waals surface area contributed by atoms with Crippen molar-refractivity contribution >= 4 is 36.7 Å². The maximum Gasteiger partial charge on any atom is 0.177 e. The van der Waals surface area contributed by atoms with Crippen LogP contribution < -0.4 is 17.2 Å². The number of halogens is 6. The van der Waals surface area contributed by atoms with Gasteiger partial charge < -0.3 is 45.9 Å². The zero-order valence-electron chi connectivity index (χ0n) is 32.5. The summed E-state index contributed by atoms with van der Waals surface area (Å²) in [5.74, 6) is -2.93. The first kappa shape index (κ1) is 43.5. The van der Waals surface area contributed by atoms with Gasteiger partial charge in [-0.05, 0) is 146 Å². The van der Waals surface area contributed by atoms with Crippen LogP contribution >= 0.6 is 36.7 Å². The summed E-state index contributed by atoms with van der Waals surface area (Å²) in [7, 11) is 0. The van der Waals surface area contributed by atoms with Crippen LogP contribution in [0.15, 0.2) is 55.0 Å². The number of nitrogens with two attached hydrogens (primary N) is 3. The summed E-state index contributed by atoms with van der Waals surface area (Å²) in [6, 6.07) is 7.41. The van der Waals surface area contributed by atoms with Crippen LogP contribution in [0.3, 0.4) is 0 Å². The standard InChI is InChI=1S/3C14H15F2N3S/c3*15-9-3-8-4-10(1-2-12(8)13(16)5-9)19-11(6-17)7-18-14(19)20/h3*3,5,7,10H,1-2,4,6,17H2,(H,18,20)/t3*10-/m000/s1. The molecule has 318 valence electrons. The molecule has 3 aromatic carbocycles. The monoisotopic (exact) mass is 885 g/mol. The average molecular weight is 886 g/mol. The second kappa shape index (κ2) is 18.6. The van der Waals surface area contributed by atoms with E-state index in [4.69, 9.17) is 53.9 Å². The molecule has 0 saturated heterocycles. The number of nitrogens with one attached hydrogen (secondary N) is 3. The molecule has 0 amide bonds. The Balaban J connectivity index is 0.000000136. The van der Waals surface area contributed by atoms with Crippen molar-refractivity contribution in [3.05, 3.63) is 155 Å². The Labute approximate surface area is 357 Å². The molecule has 0 aliphatic heterocycles. The van der Waals surface area contributed by atoms with E-state index in [1.54, 1.807) is 18.6 Å². The van der Waals surface area contributed by atoms with Gasteiger partial charge in [0.2, 0.25) is 0 Å². The topological polar surface area (TPSA) is 140 Å². The van der Waals surface area contributed by atoms with E-state index in [1.165, 1.54) is 18.2 Å². The fourth-order valence-corrected chi connectivity index (χ4v) is 9.91. The van der Waals surface area contributed by atoms with Crippen molar-refractivity contribution in [3.8, 4) is 0 Å². The number of nitrogens with zero attached hydrogens (tertiary/aromatic N) is 3. The van der Waals surface area contributed by atoms with Gasteiger partial charge in [-0.25, -0.2) is 26.3 Å². The van der Waals surface area contributed by atoms with E-state index in [2.05, 4.69) is 15.0 Å². The van der Waals surface area contributed by atoms with Gasteiger partial charge in [-0.15, -0.1) is 0 Å². The van der Waals surface area contributed by atoms with Crippen LogP contribution in [0, 0.1) is 49.2 Å². The van der Waals surface area contributed by atoms with Gasteiger partial charge in [-0.3, -0.25) is 0 Å². The van der Waals surface area contributed by atoms with Crippen molar-refractivity contribution in [1.29, 1.82) is 0 Å². The Hall–Kier alpha value is -4.59. The number of imidazole rings is 3. The number of aromatic amines is 3. The number of benzene rings is 3. The van der Waals surface area contributed by atoms with Gasteiger partial charge in [0, 0.05) is 74.5 Å². The molecule has 9 nitrogen and oxygen atoms in total. The predicted octanol–water partition coefficient (Wildman–Crippen LogP) is 9.04. The lowest BCUT2D eigenvalue weighted by atomic mass is 9.87. The summed E-state index contributed by atoms with van der Waals surface area (Å²) in [5.41, 5.74) is 23.9. The second-order valence-corrected chi connectivity index (χ2v) is 16.4. The second-order valence-electron chi connectivity index (χ2n) is 15.2. The quantitative estimate of drug-likeness (QED) is 0.0729. The van der Waals surface area contributed by atoms with Gasteiger partial charge in [0.1, 0.15) is 34.9 Å². The van der Waals surface area contributed by atoms with Gasteiger partial charge in [0.15, 0.2) is 14.3 Å².